The van der Waals surface area contributed by atoms with Crippen LogP contribution >= 0.6 is 0 Å². The highest BCUT2D eigenvalue weighted by atomic mass is 16.5. The van der Waals surface area contributed by atoms with Gasteiger partial charge in [-0.25, -0.2) is 0 Å². The largest absolute Gasteiger partial charge is 0.492 e. The number of amides is 1. The third-order valence-electron chi connectivity index (χ3n) is 3.21. The molecular weight excluding hydrogens is 306 g/mol. The summed E-state index contributed by atoms with van der Waals surface area (Å²) in [7, 11) is 0. The number of hydrogen-bond donors (Lipinski definition) is 1. The molecule has 1 aromatic heterocycles. The van der Waals surface area contributed by atoms with Crippen LogP contribution < -0.4 is 10.1 Å². The molecule has 1 heterocycles. The lowest BCUT2D eigenvalue weighted by molar-refractivity contribution is -0.122. The van der Waals surface area contributed by atoms with Gasteiger partial charge in [0.2, 0.25) is 11.7 Å². The lowest BCUT2D eigenvalue weighted by Crippen LogP contribution is -2.31. The third-order valence-corrected chi connectivity index (χ3v) is 3.21. The van der Waals surface area contributed by atoms with Gasteiger partial charge in [-0.3, -0.25) is 4.79 Å². The molecule has 0 unspecified atom stereocenters. The molecule has 0 atom stereocenters. The number of hydrogen-bond acceptors (Lipinski definition) is 5. The first-order valence-electron chi connectivity index (χ1n) is 7.59. The summed E-state index contributed by atoms with van der Waals surface area (Å²) in [5.41, 5.74) is 0.861. The molecule has 3 rings (SSSR count). The van der Waals surface area contributed by atoms with E-state index in [1.807, 2.05) is 60.7 Å². The smallest absolute Gasteiger partial charge is 0.243 e. The van der Waals surface area contributed by atoms with Crippen molar-refractivity contribution in [1.29, 1.82) is 0 Å². The molecule has 1 amide bonds. The van der Waals surface area contributed by atoms with Gasteiger partial charge in [-0.1, -0.05) is 48.5 Å². The van der Waals surface area contributed by atoms with Crippen molar-refractivity contribution in [3.63, 3.8) is 0 Å². The van der Waals surface area contributed by atoms with Crippen molar-refractivity contribution in [2.45, 2.75) is 6.54 Å². The first-order valence-corrected chi connectivity index (χ1v) is 7.59. The lowest BCUT2D eigenvalue weighted by Gasteiger charge is -2.07. The number of carbonyl (C=O) groups excluding carboxylic acids is 1. The summed E-state index contributed by atoms with van der Waals surface area (Å²) in [6, 6.07) is 18.9. The second-order valence-corrected chi connectivity index (χ2v) is 5.02. The number of nitrogens with one attached hydrogen (secondary N) is 1. The molecule has 0 saturated heterocycles. The quantitative estimate of drug-likeness (QED) is 0.667. The molecule has 2 aromatic carbocycles. The van der Waals surface area contributed by atoms with E-state index in [9.17, 15) is 4.79 Å². The van der Waals surface area contributed by atoms with E-state index in [2.05, 4.69) is 20.7 Å². The number of carbonyl (C=O) groups is 1. The molecule has 7 nitrogen and oxygen atoms in total. The van der Waals surface area contributed by atoms with Crippen LogP contribution in [0.2, 0.25) is 0 Å². The Labute approximate surface area is 139 Å². The molecule has 0 aliphatic heterocycles. The molecule has 0 spiro atoms. The van der Waals surface area contributed by atoms with Crippen LogP contribution in [0.1, 0.15) is 0 Å². The molecule has 0 fully saturated rings. The number of nitrogens with zero attached hydrogens (tertiary/aromatic N) is 4. The Bertz CT molecular complexity index is 774. The van der Waals surface area contributed by atoms with Crippen molar-refractivity contribution >= 4 is 5.91 Å². The zero-order valence-corrected chi connectivity index (χ0v) is 13.0. The van der Waals surface area contributed by atoms with Gasteiger partial charge in [0.25, 0.3) is 0 Å². The fraction of sp³-hybridized carbons (Fsp3) is 0.176. The molecule has 0 bridgehead atoms. The Kier molecular flexibility index (Phi) is 5.14. The van der Waals surface area contributed by atoms with E-state index >= 15 is 0 Å². The normalized spacial score (nSPS) is 10.3. The van der Waals surface area contributed by atoms with Crippen LogP contribution in [0.3, 0.4) is 0 Å². The van der Waals surface area contributed by atoms with Crippen LogP contribution in [0.5, 0.6) is 5.75 Å². The van der Waals surface area contributed by atoms with Crippen molar-refractivity contribution in [3.05, 3.63) is 60.7 Å². The van der Waals surface area contributed by atoms with Crippen LogP contribution in [-0.4, -0.2) is 39.3 Å². The zero-order chi connectivity index (χ0) is 16.6. The topological polar surface area (TPSA) is 81.9 Å². The number of tetrazole rings is 1. The van der Waals surface area contributed by atoms with Gasteiger partial charge in [0.1, 0.15) is 18.9 Å². The summed E-state index contributed by atoms with van der Waals surface area (Å²) in [4.78, 5) is 13.1. The van der Waals surface area contributed by atoms with Gasteiger partial charge >= 0.3 is 0 Å². The number of aromatic nitrogens is 4. The van der Waals surface area contributed by atoms with Crippen molar-refractivity contribution in [3.8, 4) is 17.1 Å². The molecule has 0 aliphatic carbocycles. The third kappa shape index (κ3) is 4.39. The van der Waals surface area contributed by atoms with E-state index in [4.69, 9.17) is 4.74 Å². The molecule has 1 N–H and O–H groups in total. The molecular formula is C17H17N5O2. The second kappa shape index (κ2) is 7.87. The lowest BCUT2D eigenvalue weighted by atomic mass is 10.2. The Balaban J connectivity index is 1.43. The molecule has 3 aromatic rings. The van der Waals surface area contributed by atoms with Crippen LogP contribution in [0, 0.1) is 0 Å². The Morgan fingerprint density at radius 1 is 1.04 bits per heavy atom. The minimum atomic E-state index is -0.191. The first kappa shape index (κ1) is 15.7. The van der Waals surface area contributed by atoms with Crippen LogP contribution in [0.15, 0.2) is 60.7 Å². The van der Waals surface area contributed by atoms with Crippen molar-refractivity contribution < 1.29 is 9.53 Å². The maximum atomic E-state index is 11.9. The summed E-state index contributed by atoms with van der Waals surface area (Å²) in [5.74, 6) is 1.08. The van der Waals surface area contributed by atoms with Crippen molar-refractivity contribution in [1.82, 2.24) is 25.5 Å². The van der Waals surface area contributed by atoms with Gasteiger partial charge in [0, 0.05) is 5.56 Å². The van der Waals surface area contributed by atoms with E-state index in [0.717, 1.165) is 11.3 Å². The van der Waals surface area contributed by atoms with Crippen LogP contribution in [0.25, 0.3) is 11.4 Å². The SMILES string of the molecule is O=C(Cn1nnc(-c2ccccc2)n1)NCCOc1ccccc1. The highest BCUT2D eigenvalue weighted by Crippen LogP contribution is 2.11. The number of ether oxygens (including phenoxy) is 1. The van der Waals surface area contributed by atoms with Crippen molar-refractivity contribution in [2.24, 2.45) is 0 Å². The predicted molar refractivity (Wildman–Crippen MR) is 88.2 cm³/mol. The fourth-order valence-corrected chi connectivity index (χ4v) is 2.07. The van der Waals surface area contributed by atoms with E-state index in [0.29, 0.717) is 19.0 Å². The maximum Gasteiger partial charge on any atom is 0.243 e. The van der Waals surface area contributed by atoms with Gasteiger partial charge in [0.15, 0.2) is 0 Å². The summed E-state index contributed by atoms with van der Waals surface area (Å²) < 4.78 is 5.50. The molecule has 0 saturated carbocycles. The monoisotopic (exact) mass is 323 g/mol. The van der Waals surface area contributed by atoms with E-state index < -0.39 is 0 Å². The van der Waals surface area contributed by atoms with E-state index in [-0.39, 0.29) is 12.5 Å². The van der Waals surface area contributed by atoms with Gasteiger partial charge in [0.05, 0.1) is 6.54 Å². The first-order chi connectivity index (χ1) is 11.8. The second-order valence-electron chi connectivity index (χ2n) is 5.02. The van der Waals surface area contributed by atoms with E-state index in [1.54, 1.807) is 0 Å². The van der Waals surface area contributed by atoms with E-state index in [1.165, 1.54) is 4.80 Å². The highest BCUT2D eigenvalue weighted by molar-refractivity contribution is 5.75. The fourth-order valence-electron chi connectivity index (χ4n) is 2.07. The average molecular weight is 323 g/mol. The van der Waals surface area contributed by atoms with Gasteiger partial charge in [-0.05, 0) is 17.3 Å². The zero-order valence-electron chi connectivity index (χ0n) is 13.0. The Hall–Kier alpha value is -3.22. The van der Waals surface area contributed by atoms with Gasteiger partial charge in [-0.2, -0.15) is 4.80 Å². The number of para-hydroxylation sites is 1. The average Bonchev–Trinajstić information content (AvgIpc) is 3.09. The minimum Gasteiger partial charge on any atom is -0.492 e. The predicted octanol–water partition coefficient (Wildman–Crippen LogP) is 1.54. The number of rotatable bonds is 7. The van der Waals surface area contributed by atoms with Crippen molar-refractivity contribution in [2.75, 3.05) is 13.2 Å². The Morgan fingerprint density at radius 3 is 2.50 bits per heavy atom. The maximum absolute atomic E-state index is 11.9. The van der Waals surface area contributed by atoms with Crippen LogP contribution in [-0.2, 0) is 11.3 Å². The van der Waals surface area contributed by atoms with Gasteiger partial charge in [-0.15, -0.1) is 10.2 Å². The number of benzene rings is 2. The Morgan fingerprint density at radius 2 is 1.75 bits per heavy atom. The van der Waals surface area contributed by atoms with Gasteiger partial charge < -0.3 is 10.1 Å². The summed E-state index contributed by atoms with van der Waals surface area (Å²) in [6.07, 6.45) is 0. The summed E-state index contributed by atoms with van der Waals surface area (Å²) >= 11 is 0. The molecule has 0 radical (unpaired) electrons. The standard InChI is InChI=1S/C17H17N5O2/c23-16(18-11-12-24-15-9-5-2-6-10-15)13-22-20-17(19-21-22)14-7-3-1-4-8-14/h1-10H,11-13H2,(H,18,23). The minimum absolute atomic E-state index is 0.0190. The molecule has 24 heavy (non-hydrogen) atoms. The summed E-state index contributed by atoms with van der Waals surface area (Å²) in [5, 5.41) is 14.8. The molecule has 0 aliphatic rings. The van der Waals surface area contributed by atoms with Crippen LogP contribution in [0.4, 0.5) is 0 Å². The molecule has 122 valence electrons. The molecule has 7 heteroatoms. The summed E-state index contributed by atoms with van der Waals surface area (Å²) in [6.45, 7) is 0.828. The highest BCUT2D eigenvalue weighted by Gasteiger charge is 2.08.